The molecule has 0 bridgehead atoms. The van der Waals surface area contributed by atoms with Gasteiger partial charge in [-0.2, -0.15) is 0 Å². The lowest BCUT2D eigenvalue weighted by atomic mass is 10.0. The first-order valence-electron chi connectivity index (χ1n) is 14.1. The summed E-state index contributed by atoms with van der Waals surface area (Å²) in [6.45, 7) is 1.91. The van der Waals surface area contributed by atoms with Crippen molar-refractivity contribution in [2.75, 3.05) is 19.0 Å². The number of carboxylic acid groups (broad SMARTS) is 2. The number of fused-ring (bicyclic) bond motifs is 3. The van der Waals surface area contributed by atoms with E-state index in [2.05, 4.69) is 48.6 Å². The summed E-state index contributed by atoms with van der Waals surface area (Å²) in [6.07, 6.45) is 9.07. The minimum atomic E-state index is -0.990. The first-order valence-corrected chi connectivity index (χ1v) is 15.4. The van der Waals surface area contributed by atoms with Gasteiger partial charge in [-0.15, -0.1) is 11.8 Å². The van der Waals surface area contributed by atoms with Crippen molar-refractivity contribution >= 4 is 47.5 Å². The lowest BCUT2D eigenvalue weighted by Crippen LogP contribution is -2.09. The van der Waals surface area contributed by atoms with Crippen LogP contribution in [0.1, 0.15) is 33.4 Å². The highest BCUT2D eigenvalue weighted by molar-refractivity contribution is 7.99. The molecule has 0 saturated heterocycles. The summed E-state index contributed by atoms with van der Waals surface area (Å²) in [5.74, 6) is 0.0328. The molecule has 2 N–H and O–H groups in total. The third kappa shape index (κ3) is 8.13. The molecule has 0 atom stereocenters. The van der Waals surface area contributed by atoms with E-state index >= 15 is 0 Å². The maximum atomic E-state index is 10.9. The van der Waals surface area contributed by atoms with Crippen LogP contribution in [0.4, 0.5) is 0 Å². The minimum Gasteiger partial charge on any atom is -0.488 e. The van der Waals surface area contributed by atoms with Crippen LogP contribution in [0.5, 0.6) is 11.5 Å². The molecule has 0 unspecified atom stereocenters. The lowest BCUT2D eigenvalue weighted by Gasteiger charge is -2.08. The number of carbonyl (C=O) groups is 2. The van der Waals surface area contributed by atoms with E-state index in [1.807, 2.05) is 37.3 Å². The van der Waals surface area contributed by atoms with Gasteiger partial charge in [-0.1, -0.05) is 72.3 Å². The largest absolute Gasteiger partial charge is 0.488 e. The summed E-state index contributed by atoms with van der Waals surface area (Å²) < 4.78 is 11.1. The zero-order chi connectivity index (χ0) is 31.1. The number of hydrogen-bond acceptors (Lipinski definition) is 5. The molecular weight excluding hydrogens is 596 g/mol. The Morgan fingerprint density at radius 2 is 1.50 bits per heavy atom. The van der Waals surface area contributed by atoms with Crippen molar-refractivity contribution in [1.82, 2.24) is 0 Å². The monoisotopic (exact) mass is 626 g/mol. The molecule has 224 valence electrons. The molecule has 0 saturated carbocycles. The number of aryl methyl sites for hydroxylation is 1. The molecule has 0 aliphatic heterocycles. The highest BCUT2D eigenvalue weighted by Gasteiger charge is 2.18. The Labute approximate surface area is 265 Å². The average molecular weight is 627 g/mol. The SMILES string of the molecule is Cc1cc(SC/C=C/c2ccc3c(c2)Cc2cc(/C=C/COc4ccc(CC(=O)O)cc4Cl)ccc2-3)ccc1OCC(=O)O. The van der Waals surface area contributed by atoms with Crippen LogP contribution in [-0.2, 0) is 22.4 Å². The van der Waals surface area contributed by atoms with E-state index < -0.39 is 11.9 Å². The number of aliphatic carboxylic acids is 2. The minimum absolute atomic E-state index is 0.0773. The van der Waals surface area contributed by atoms with Crippen LogP contribution in [0.2, 0.25) is 5.02 Å². The van der Waals surface area contributed by atoms with E-state index in [-0.39, 0.29) is 13.0 Å². The van der Waals surface area contributed by atoms with Crippen LogP contribution in [0, 0.1) is 6.92 Å². The maximum absolute atomic E-state index is 10.9. The van der Waals surface area contributed by atoms with E-state index in [0.29, 0.717) is 28.7 Å². The van der Waals surface area contributed by atoms with Gasteiger partial charge in [0.05, 0.1) is 11.4 Å². The van der Waals surface area contributed by atoms with Crippen LogP contribution in [-0.4, -0.2) is 41.1 Å². The maximum Gasteiger partial charge on any atom is 0.341 e. The first kappa shape index (κ1) is 31.0. The summed E-state index contributed by atoms with van der Waals surface area (Å²) in [5, 5.41) is 18.1. The second kappa shape index (κ2) is 14.3. The van der Waals surface area contributed by atoms with Gasteiger partial charge in [0.25, 0.3) is 0 Å². The van der Waals surface area contributed by atoms with Crippen molar-refractivity contribution in [3.8, 4) is 22.6 Å². The van der Waals surface area contributed by atoms with Crippen molar-refractivity contribution < 1.29 is 29.3 Å². The molecule has 44 heavy (non-hydrogen) atoms. The molecule has 0 fully saturated rings. The number of rotatable bonds is 13. The fourth-order valence-electron chi connectivity index (χ4n) is 5.07. The van der Waals surface area contributed by atoms with Crippen molar-refractivity contribution in [2.24, 2.45) is 0 Å². The number of halogens is 1. The van der Waals surface area contributed by atoms with Gasteiger partial charge in [0, 0.05) is 10.6 Å². The second-order valence-corrected chi connectivity index (χ2v) is 11.9. The molecule has 1 aliphatic rings. The molecule has 1 aliphatic carbocycles. The Hall–Kier alpha value is -4.46. The normalized spacial score (nSPS) is 12.0. The molecule has 5 rings (SSSR count). The molecule has 4 aromatic carbocycles. The Kier molecular flexibility index (Phi) is 10.1. The van der Waals surface area contributed by atoms with E-state index in [1.165, 1.54) is 22.3 Å². The van der Waals surface area contributed by atoms with Crippen LogP contribution in [0.25, 0.3) is 23.3 Å². The Bertz CT molecular complexity index is 1760. The Morgan fingerprint density at radius 1 is 0.818 bits per heavy atom. The fraction of sp³-hybridized carbons (Fsp3) is 0.167. The number of hydrogen-bond donors (Lipinski definition) is 2. The topological polar surface area (TPSA) is 93.1 Å². The van der Waals surface area contributed by atoms with Crippen LogP contribution in [0.3, 0.4) is 0 Å². The zero-order valence-electron chi connectivity index (χ0n) is 24.1. The van der Waals surface area contributed by atoms with E-state index in [0.717, 1.165) is 33.8 Å². The average Bonchev–Trinajstić information content (AvgIpc) is 3.34. The van der Waals surface area contributed by atoms with Gasteiger partial charge in [0.15, 0.2) is 6.61 Å². The van der Waals surface area contributed by atoms with Crippen molar-refractivity contribution in [1.29, 1.82) is 0 Å². The summed E-state index contributed by atoms with van der Waals surface area (Å²) in [6, 6.07) is 23.9. The highest BCUT2D eigenvalue weighted by Crippen LogP contribution is 2.38. The van der Waals surface area contributed by atoms with Crippen LogP contribution in [0.15, 0.2) is 89.8 Å². The summed E-state index contributed by atoms with van der Waals surface area (Å²) in [4.78, 5) is 22.7. The predicted octanol–water partition coefficient (Wildman–Crippen LogP) is 8.21. The number of ether oxygens (including phenoxy) is 2. The van der Waals surface area contributed by atoms with Gasteiger partial charge in [-0.3, -0.25) is 4.79 Å². The third-order valence-electron chi connectivity index (χ3n) is 7.08. The second-order valence-electron chi connectivity index (χ2n) is 10.4. The molecular formula is C36H31ClO6S. The smallest absolute Gasteiger partial charge is 0.341 e. The Balaban J connectivity index is 1.13. The summed E-state index contributed by atoms with van der Waals surface area (Å²) in [7, 11) is 0. The standard InChI is InChI=1S/C36H31ClO6S/c1-23-16-29(9-13-33(23)43-22-36(40)41)44-15-3-5-25-7-11-31-28(18-25)21-27-17-24(6-10-30(27)31)4-2-14-42-34-12-8-26(19-32(34)37)20-35(38)39/h2-13,16-19H,14-15,20-22H2,1H3,(H,38,39)(H,40,41)/b4-2+,5-3+. The summed E-state index contributed by atoms with van der Waals surface area (Å²) >= 11 is 7.96. The van der Waals surface area contributed by atoms with Gasteiger partial charge < -0.3 is 19.7 Å². The zero-order valence-corrected chi connectivity index (χ0v) is 25.7. The molecule has 0 radical (unpaired) electrons. The van der Waals surface area contributed by atoms with E-state index in [1.54, 1.807) is 30.0 Å². The van der Waals surface area contributed by atoms with Crippen LogP contribution < -0.4 is 9.47 Å². The molecule has 6 nitrogen and oxygen atoms in total. The van der Waals surface area contributed by atoms with Crippen LogP contribution >= 0.6 is 23.4 Å². The molecule has 4 aromatic rings. The number of carboxylic acids is 2. The quantitative estimate of drug-likeness (QED) is 0.127. The molecule has 8 heteroatoms. The number of thioether (sulfide) groups is 1. The van der Waals surface area contributed by atoms with Gasteiger partial charge in [0.1, 0.15) is 18.1 Å². The van der Waals surface area contributed by atoms with E-state index in [4.69, 9.17) is 31.3 Å². The highest BCUT2D eigenvalue weighted by atomic mass is 35.5. The molecule has 0 heterocycles. The van der Waals surface area contributed by atoms with Crippen molar-refractivity contribution in [3.63, 3.8) is 0 Å². The first-order chi connectivity index (χ1) is 21.2. The lowest BCUT2D eigenvalue weighted by molar-refractivity contribution is -0.139. The van der Waals surface area contributed by atoms with Gasteiger partial charge in [0.2, 0.25) is 0 Å². The van der Waals surface area contributed by atoms with Gasteiger partial charge in [-0.05, 0) is 94.3 Å². The number of benzene rings is 4. The van der Waals surface area contributed by atoms with Crippen molar-refractivity contribution in [2.45, 2.75) is 24.7 Å². The molecule has 0 amide bonds. The third-order valence-corrected chi connectivity index (χ3v) is 8.32. The molecule has 0 spiro atoms. The van der Waals surface area contributed by atoms with Gasteiger partial charge >= 0.3 is 11.9 Å². The Morgan fingerprint density at radius 3 is 2.14 bits per heavy atom. The van der Waals surface area contributed by atoms with E-state index in [9.17, 15) is 9.59 Å². The van der Waals surface area contributed by atoms with Crippen molar-refractivity contribution in [3.05, 3.63) is 123 Å². The molecule has 0 aromatic heterocycles. The fourth-order valence-corrected chi connectivity index (χ4v) is 6.13. The predicted molar refractivity (Wildman–Crippen MR) is 176 cm³/mol. The summed E-state index contributed by atoms with van der Waals surface area (Å²) in [5.41, 5.74) is 8.95. The van der Waals surface area contributed by atoms with Gasteiger partial charge in [-0.25, -0.2) is 4.79 Å².